The number of nitrogens with one attached hydrogen (secondary N) is 1. The second-order valence-corrected chi connectivity index (χ2v) is 7.98. The van der Waals surface area contributed by atoms with Crippen LogP contribution in [0.3, 0.4) is 0 Å². The summed E-state index contributed by atoms with van der Waals surface area (Å²) in [5.74, 6) is 0.506. The lowest BCUT2D eigenvalue weighted by molar-refractivity contribution is 0.277. The van der Waals surface area contributed by atoms with Crippen LogP contribution in [0, 0.1) is 5.92 Å². The van der Waals surface area contributed by atoms with Gasteiger partial charge in [-0.1, -0.05) is 26.0 Å². The predicted octanol–water partition coefficient (Wildman–Crippen LogP) is 3.95. The molecular weight excluding hydrogens is 366 g/mol. The van der Waals surface area contributed by atoms with E-state index in [0.717, 1.165) is 23.9 Å². The van der Waals surface area contributed by atoms with Crippen molar-refractivity contribution in [3.8, 4) is 0 Å². The first-order valence-electron chi connectivity index (χ1n) is 9.65. The minimum Gasteiger partial charge on any atom is -0.352 e. The Kier molecular flexibility index (Phi) is 5.39. The molecule has 5 nitrogen and oxygen atoms in total. The Morgan fingerprint density at radius 1 is 1.11 bits per heavy atom. The molecule has 0 aliphatic carbocycles. The average molecular weight is 392 g/mol. The van der Waals surface area contributed by atoms with Gasteiger partial charge < -0.3 is 14.8 Å². The van der Waals surface area contributed by atoms with E-state index in [1.54, 1.807) is 6.20 Å². The minimum absolute atomic E-state index is 0.0231. The Bertz CT molecular complexity index is 922. The molecule has 0 amide bonds. The van der Waals surface area contributed by atoms with E-state index in [0.29, 0.717) is 5.92 Å². The summed E-state index contributed by atoms with van der Waals surface area (Å²) >= 11 is 5.73. The standard InChI is InChI=1S/C22H25N5S/c1-16(2)14-27-21(20(25-22(27)28)18-8-3-4-11-24-18)19-9-6-12-26(19)15-17-7-5-10-23-13-17/h3-13,16,20-21H,14-15H2,1-2H3,(H,25,28)/t20-,21-/m0/s1. The Labute approximate surface area is 171 Å². The van der Waals surface area contributed by atoms with Crippen LogP contribution >= 0.6 is 12.2 Å². The van der Waals surface area contributed by atoms with Gasteiger partial charge in [0.15, 0.2) is 5.11 Å². The Morgan fingerprint density at radius 2 is 2.00 bits per heavy atom. The quantitative estimate of drug-likeness (QED) is 0.645. The second kappa shape index (κ2) is 8.10. The van der Waals surface area contributed by atoms with E-state index in [2.05, 4.69) is 69.1 Å². The lowest BCUT2D eigenvalue weighted by atomic mass is 10.0. The van der Waals surface area contributed by atoms with E-state index in [1.165, 1.54) is 11.3 Å². The van der Waals surface area contributed by atoms with Gasteiger partial charge in [0.2, 0.25) is 0 Å². The van der Waals surface area contributed by atoms with Crippen molar-refractivity contribution in [2.75, 3.05) is 6.54 Å². The maximum Gasteiger partial charge on any atom is 0.170 e. The van der Waals surface area contributed by atoms with E-state index in [4.69, 9.17) is 12.2 Å². The van der Waals surface area contributed by atoms with Crippen LogP contribution in [-0.2, 0) is 6.54 Å². The molecular formula is C22H25N5S. The molecule has 3 aromatic heterocycles. The summed E-state index contributed by atoms with van der Waals surface area (Å²) in [7, 11) is 0. The first kappa shape index (κ1) is 18.6. The van der Waals surface area contributed by atoms with E-state index in [-0.39, 0.29) is 12.1 Å². The van der Waals surface area contributed by atoms with Gasteiger partial charge in [-0.05, 0) is 54.0 Å². The van der Waals surface area contributed by atoms with E-state index >= 15 is 0 Å². The Balaban J connectivity index is 1.73. The van der Waals surface area contributed by atoms with Gasteiger partial charge in [0.1, 0.15) is 0 Å². The molecule has 0 radical (unpaired) electrons. The van der Waals surface area contributed by atoms with Gasteiger partial charge in [0.25, 0.3) is 0 Å². The van der Waals surface area contributed by atoms with Gasteiger partial charge in [0.05, 0.1) is 17.8 Å². The zero-order valence-corrected chi connectivity index (χ0v) is 17.0. The SMILES string of the molecule is CC(C)CN1C(=S)N[C@@H](c2ccccn2)[C@@H]1c1cccn1Cc1cccnc1. The summed E-state index contributed by atoms with van der Waals surface area (Å²) < 4.78 is 2.29. The maximum atomic E-state index is 5.73. The number of nitrogens with zero attached hydrogens (tertiary/aromatic N) is 4. The minimum atomic E-state index is 0.0231. The van der Waals surface area contributed by atoms with Crippen LogP contribution in [0.15, 0.2) is 67.3 Å². The molecule has 1 aliphatic heterocycles. The monoisotopic (exact) mass is 391 g/mol. The molecule has 1 fully saturated rings. The van der Waals surface area contributed by atoms with Gasteiger partial charge >= 0.3 is 0 Å². The Morgan fingerprint density at radius 3 is 2.71 bits per heavy atom. The van der Waals surface area contributed by atoms with Crippen molar-refractivity contribution in [3.63, 3.8) is 0 Å². The van der Waals surface area contributed by atoms with Gasteiger partial charge in [-0.3, -0.25) is 9.97 Å². The lowest BCUT2D eigenvalue weighted by Crippen LogP contribution is -2.33. The van der Waals surface area contributed by atoms with Crippen molar-refractivity contribution < 1.29 is 0 Å². The summed E-state index contributed by atoms with van der Waals surface area (Å²) in [6.07, 6.45) is 7.70. The normalized spacial score (nSPS) is 19.2. The fourth-order valence-corrected chi connectivity index (χ4v) is 4.16. The summed E-state index contributed by atoms with van der Waals surface area (Å²) in [6.45, 7) is 6.13. The van der Waals surface area contributed by atoms with Crippen LogP contribution < -0.4 is 5.32 Å². The summed E-state index contributed by atoms with van der Waals surface area (Å²) in [5.41, 5.74) is 3.42. The van der Waals surface area contributed by atoms with Crippen molar-refractivity contribution in [1.29, 1.82) is 0 Å². The predicted molar refractivity (Wildman–Crippen MR) is 115 cm³/mol. The smallest absolute Gasteiger partial charge is 0.170 e. The molecule has 0 unspecified atom stereocenters. The van der Waals surface area contributed by atoms with Crippen molar-refractivity contribution in [1.82, 2.24) is 24.8 Å². The Hall–Kier alpha value is -2.73. The summed E-state index contributed by atoms with van der Waals surface area (Å²) in [5, 5.41) is 4.32. The van der Waals surface area contributed by atoms with E-state index < -0.39 is 0 Å². The topological polar surface area (TPSA) is 46.0 Å². The highest BCUT2D eigenvalue weighted by atomic mass is 32.1. The molecule has 6 heteroatoms. The fourth-order valence-electron chi connectivity index (χ4n) is 3.85. The second-order valence-electron chi connectivity index (χ2n) is 7.60. The molecule has 0 aromatic carbocycles. The first-order chi connectivity index (χ1) is 13.6. The zero-order chi connectivity index (χ0) is 19.5. The number of rotatable bonds is 6. The van der Waals surface area contributed by atoms with Gasteiger partial charge in [0, 0.05) is 43.6 Å². The van der Waals surface area contributed by atoms with Crippen LogP contribution in [0.4, 0.5) is 0 Å². The van der Waals surface area contributed by atoms with Crippen molar-refractivity contribution >= 4 is 17.3 Å². The van der Waals surface area contributed by atoms with E-state index in [1.807, 2.05) is 30.6 Å². The van der Waals surface area contributed by atoms with Gasteiger partial charge in [-0.25, -0.2) is 0 Å². The van der Waals surface area contributed by atoms with Crippen LogP contribution in [0.25, 0.3) is 0 Å². The highest BCUT2D eigenvalue weighted by Gasteiger charge is 2.41. The van der Waals surface area contributed by atoms with Crippen molar-refractivity contribution in [2.24, 2.45) is 5.92 Å². The van der Waals surface area contributed by atoms with Gasteiger partial charge in [-0.2, -0.15) is 0 Å². The van der Waals surface area contributed by atoms with Crippen LogP contribution in [-0.4, -0.2) is 31.1 Å². The largest absolute Gasteiger partial charge is 0.352 e. The molecule has 1 saturated heterocycles. The molecule has 4 rings (SSSR count). The lowest BCUT2D eigenvalue weighted by Gasteiger charge is -2.30. The molecule has 0 bridgehead atoms. The molecule has 28 heavy (non-hydrogen) atoms. The molecule has 3 aromatic rings. The highest BCUT2D eigenvalue weighted by molar-refractivity contribution is 7.80. The summed E-state index contributed by atoms with van der Waals surface area (Å²) in [4.78, 5) is 11.2. The number of hydrogen-bond acceptors (Lipinski definition) is 3. The summed E-state index contributed by atoms with van der Waals surface area (Å²) in [6, 6.07) is 14.6. The molecule has 1 N–H and O–H groups in total. The van der Waals surface area contributed by atoms with Crippen molar-refractivity contribution in [2.45, 2.75) is 32.5 Å². The highest BCUT2D eigenvalue weighted by Crippen LogP contribution is 2.39. The third kappa shape index (κ3) is 3.78. The molecule has 0 spiro atoms. The van der Waals surface area contributed by atoms with Gasteiger partial charge in [-0.15, -0.1) is 0 Å². The number of aromatic nitrogens is 3. The average Bonchev–Trinajstić information content (AvgIpc) is 3.27. The van der Waals surface area contributed by atoms with Crippen molar-refractivity contribution in [3.05, 3.63) is 84.2 Å². The third-order valence-electron chi connectivity index (χ3n) is 5.00. The molecule has 2 atom stereocenters. The zero-order valence-electron chi connectivity index (χ0n) is 16.2. The fraction of sp³-hybridized carbons (Fsp3) is 0.318. The number of pyridine rings is 2. The third-order valence-corrected chi connectivity index (χ3v) is 5.36. The first-order valence-corrected chi connectivity index (χ1v) is 10.1. The molecule has 4 heterocycles. The molecule has 144 valence electrons. The number of thiocarbonyl (C=S) groups is 1. The number of hydrogen-bond donors (Lipinski definition) is 1. The molecule has 0 saturated carbocycles. The van der Waals surface area contributed by atoms with E-state index in [9.17, 15) is 0 Å². The molecule has 1 aliphatic rings. The van der Waals surface area contributed by atoms with Crippen LogP contribution in [0.1, 0.15) is 42.9 Å². The van der Waals surface area contributed by atoms with Crippen LogP contribution in [0.5, 0.6) is 0 Å². The maximum absolute atomic E-state index is 5.73. The van der Waals surface area contributed by atoms with Crippen LogP contribution in [0.2, 0.25) is 0 Å².